The molecule has 2 unspecified atom stereocenters. The van der Waals surface area contributed by atoms with Gasteiger partial charge < -0.3 is 15.2 Å². The van der Waals surface area contributed by atoms with Gasteiger partial charge in [-0.1, -0.05) is 19.1 Å². The Bertz CT molecular complexity index is 375. The Morgan fingerprint density at radius 1 is 1.33 bits per heavy atom. The van der Waals surface area contributed by atoms with Crippen molar-refractivity contribution in [2.45, 2.75) is 38.8 Å². The lowest BCUT2D eigenvalue weighted by Crippen LogP contribution is -2.25. The first kappa shape index (κ1) is 14.5. The Balaban J connectivity index is 2.57. The van der Waals surface area contributed by atoms with Gasteiger partial charge in [0.25, 0.3) is 0 Å². The standard InChI is InChI=1S/C14H21NO3/c1-4-12(15)9-11-5-7-13(8-6-11)18-10(2)14(16)17-3/h5-8,10,12H,4,9,15H2,1-3H3. The fourth-order valence-electron chi connectivity index (χ4n) is 1.57. The Labute approximate surface area is 108 Å². The molecule has 1 aromatic carbocycles. The molecule has 0 saturated heterocycles. The van der Waals surface area contributed by atoms with Crippen molar-refractivity contribution in [3.8, 4) is 5.75 Å². The second-order valence-corrected chi connectivity index (χ2v) is 4.30. The molecule has 2 N–H and O–H groups in total. The van der Waals surface area contributed by atoms with Gasteiger partial charge in [0.15, 0.2) is 6.10 Å². The lowest BCUT2D eigenvalue weighted by atomic mass is 10.0. The number of methoxy groups -OCH3 is 1. The third-order valence-corrected chi connectivity index (χ3v) is 2.79. The van der Waals surface area contributed by atoms with Crippen molar-refractivity contribution in [1.29, 1.82) is 0 Å². The van der Waals surface area contributed by atoms with E-state index < -0.39 is 6.10 Å². The summed E-state index contributed by atoms with van der Waals surface area (Å²) in [6.07, 6.45) is 1.21. The van der Waals surface area contributed by atoms with Crippen molar-refractivity contribution >= 4 is 5.97 Å². The number of hydrogen-bond donors (Lipinski definition) is 1. The summed E-state index contributed by atoms with van der Waals surface area (Å²) in [5, 5.41) is 0. The molecule has 0 amide bonds. The third kappa shape index (κ3) is 4.37. The average molecular weight is 251 g/mol. The van der Waals surface area contributed by atoms with Crippen LogP contribution in [0.4, 0.5) is 0 Å². The van der Waals surface area contributed by atoms with Crippen molar-refractivity contribution in [1.82, 2.24) is 0 Å². The van der Waals surface area contributed by atoms with Crippen LogP contribution in [0.5, 0.6) is 5.75 Å². The van der Waals surface area contributed by atoms with Gasteiger partial charge in [-0.25, -0.2) is 4.79 Å². The van der Waals surface area contributed by atoms with E-state index in [-0.39, 0.29) is 12.0 Å². The smallest absolute Gasteiger partial charge is 0.346 e. The molecular weight excluding hydrogens is 230 g/mol. The summed E-state index contributed by atoms with van der Waals surface area (Å²) >= 11 is 0. The van der Waals surface area contributed by atoms with Crippen LogP contribution in [-0.2, 0) is 16.0 Å². The summed E-state index contributed by atoms with van der Waals surface area (Å²) in [4.78, 5) is 11.2. The van der Waals surface area contributed by atoms with Gasteiger partial charge in [-0.05, 0) is 37.5 Å². The lowest BCUT2D eigenvalue weighted by Gasteiger charge is -2.13. The number of benzene rings is 1. The van der Waals surface area contributed by atoms with E-state index >= 15 is 0 Å². The van der Waals surface area contributed by atoms with Gasteiger partial charge in [0, 0.05) is 6.04 Å². The maximum absolute atomic E-state index is 11.2. The second kappa shape index (κ2) is 7.01. The SMILES string of the molecule is CCC(N)Cc1ccc(OC(C)C(=O)OC)cc1. The summed E-state index contributed by atoms with van der Waals surface area (Å²) in [6, 6.07) is 7.81. The summed E-state index contributed by atoms with van der Waals surface area (Å²) in [7, 11) is 1.34. The third-order valence-electron chi connectivity index (χ3n) is 2.79. The van der Waals surface area contributed by atoms with E-state index in [1.54, 1.807) is 6.92 Å². The van der Waals surface area contributed by atoms with Crippen LogP contribution < -0.4 is 10.5 Å². The van der Waals surface area contributed by atoms with Crippen LogP contribution in [0.15, 0.2) is 24.3 Å². The molecule has 1 aromatic rings. The molecule has 18 heavy (non-hydrogen) atoms. The largest absolute Gasteiger partial charge is 0.479 e. The van der Waals surface area contributed by atoms with E-state index in [2.05, 4.69) is 11.7 Å². The van der Waals surface area contributed by atoms with Crippen molar-refractivity contribution < 1.29 is 14.3 Å². The highest BCUT2D eigenvalue weighted by Crippen LogP contribution is 2.15. The second-order valence-electron chi connectivity index (χ2n) is 4.30. The van der Waals surface area contributed by atoms with Crippen LogP contribution >= 0.6 is 0 Å². The predicted octanol–water partition coefficient (Wildman–Crippen LogP) is 1.91. The molecule has 0 spiro atoms. The minimum absolute atomic E-state index is 0.186. The molecule has 0 radical (unpaired) electrons. The number of carbonyl (C=O) groups is 1. The number of ether oxygens (including phenoxy) is 2. The normalized spacial score (nSPS) is 13.8. The van der Waals surface area contributed by atoms with Gasteiger partial charge in [-0.2, -0.15) is 0 Å². The van der Waals surface area contributed by atoms with Crippen LogP contribution in [0, 0.1) is 0 Å². The van der Waals surface area contributed by atoms with E-state index in [1.807, 2.05) is 24.3 Å². The molecular formula is C14H21NO3. The summed E-state index contributed by atoms with van der Waals surface area (Å²) in [5.74, 6) is 0.272. The molecule has 0 aliphatic carbocycles. The van der Waals surface area contributed by atoms with Crippen molar-refractivity contribution in [2.75, 3.05) is 7.11 Å². The fraction of sp³-hybridized carbons (Fsp3) is 0.500. The molecule has 0 heterocycles. The van der Waals surface area contributed by atoms with E-state index in [1.165, 1.54) is 12.7 Å². The summed E-state index contributed by atoms with van der Waals surface area (Å²) in [6.45, 7) is 3.73. The Morgan fingerprint density at radius 2 is 1.94 bits per heavy atom. The first-order valence-electron chi connectivity index (χ1n) is 6.15. The van der Waals surface area contributed by atoms with E-state index in [9.17, 15) is 4.79 Å². The van der Waals surface area contributed by atoms with Gasteiger partial charge in [0.05, 0.1) is 7.11 Å². The minimum atomic E-state index is -0.598. The van der Waals surface area contributed by atoms with Gasteiger partial charge in [0.1, 0.15) is 5.75 Å². The van der Waals surface area contributed by atoms with Crippen LogP contribution in [0.25, 0.3) is 0 Å². The van der Waals surface area contributed by atoms with Crippen LogP contribution in [0.3, 0.4) is 0 Å². The van der Waals surface area contributed by atoms with Gasteiger partial charge >= 0.3 is 5.97 Å². The zero-order valence-electron chi connectivity index (χ0n) is 11.2. The molecule has 4 nitrogen and oxygen atoms in total. The zero-order chi connectivity index (χ0) is 13.5. The highest BCUT2D eigenvalue weighted by atomic mass is 16.6. The fourth-order valence-corrected chi connectivity index (χ4v) is 1.57. The molecule has 0 fully saturated rings. The topological polar surface area (TPSA) is 61.5 Å². The average Bonchev–Trinajstić information content (AvgIpc) is 2.39. The maximum atomic E-state index is 11.2. The van der Waals surface area contributed by atoms with E-state index in [4.69, 9.17) is 10.5 Å². The van der Waals surface area contributed by atoms with Gasteiger partial charge in [0.2, 0.25) is 0 Å². The molecule has 0 bridgehead atoms. The molecule has 100 valence electrons. The van der Waals surface area contributed by atoms with Gasteiger partial charge in [-0.15, -0.1) is 0 Å². The molecule has 0 aliphatic heterocycles. The number of esters is 1. The predicted molar refractivity (Wildman–Crippen MR) is 70.5 cm³/mol. The molecule has 2 atom stereocenters. The van der Waals surface area contributed by atoms with Crippen LogP contribution in [-0.4, -0.2) is 25.2 Å². The summed E-state index contributed by atoms with van der Waals surface area (Å²) < 4.78 is 10.0. The van der Waals surface area contributed by atoms with E-state index in [0.717, 1.165) is 12.8 Å². The number of hydrogen-bond acceptors (Lipinski definition) is 4. The number of carbonyl (C=O) groups excluding carboxylic acids is 1. The maximum Gasteiger partial charge on any atom is 0.346 e. The summed E-state index contributed by atoms with van der Waals surface area (Å²) in [5.41, 5.74) is 7.06. The first-order chi connectivity index (χ1) is 8.56. The van der Waals surface area contributed by atoms with Crippen LogP contribution in [0.2, 0.25) is 0 Å². The Morgan fingerprint density at radius 3 is 2.44 bits per heavy atom. The lowest BCUT2D eigenvalue weighted by molar-refractivity contribution is -0.147. The molecule has 1 rings (SSSR count). The van der Waals surface area contributed by atoms with Crippen molar-refractivity contribution in [2.24, 2.45) is 5.73 Å². The van der Waals surface area contributed by atoms with E-state index in [0.29, 0.717) is 5.75 Å². The first-order valence-corrected chi connectivity index (χ1v) is 6.15. The Hall–Kier alpha value is -1.55. The molecule has 0 saturated carbocycles. The quantitative estimate of drug-likeness (QED) is 0.784. The minimum Gasteiger partial charge on any atom is -0.479 e. The van der Waals surface area contributed by atoms with Crippen LogP contribution in [0.1, 0.15) is 25.8 Å². The zero-order valence-corrected chi connectivity index (χ0v) is 11.2. The van der Waals surface area contributed by atoms with Gasteiger partial charge in [-0.3, -0.25) is 0 Å². The number of nitrogens with two attached hydrogens (primary N) is 1. The molecule has 4 heteroatoms. The van der Waals surface area contributed by atoms with Crippen molar-refractivity contribution in [3.05, 3.63) is 29.8 Å². The number of rotatable bonds is 6. The monoisotopic (exact) mass is 251 g/mol. The molecule has 0 aliphatic rings. The van der Waals surface area contributed by atoms with Crippen molar-refractivity contribution in [3.63, 3.8) is 0 Å². The highest BCUT2D eigenvalue weighted by molar-refractivity contribution is 5.74. The molecule has 0 aromatic heterocycles. The highest BCUT2D eigenvalue weighted by Gasteiger charge is 2.14. The Kier molecular flexibility index (Phi) is 5.65.